The van der Waals surface area contributed by atoms with E-state index in [2.05, 4.69) is 21.3 Å². The van der Waals surface area contributed by atoms with Crippen LogP contribution in [0, 0.1) is 35.5 Å². The number of amides is 11. The van der Waals surface area contributed by atoms with Gasteiger partial charge in [0.25, 0.3) is 0 Å². The van der Waals surface area contributed by atoms with E-state index in [9.17, 15) is 65.9 Å². The van der Waals surface area contributed by atoms with Gasteiger partial charge in [0.05, 0.1) is 25.6 Å². The van der Waals surface area contributed by atoms with Crippen LogP contribution in [0.3, 0.4) is 0 Å². The van der Waals surface area contributed by atoms with Crippen LogP contribution in [0.15, 0.2) is 0 Å². The molecule has 2 saturated heterocycles. The topological polar surface area (TPSA) is 259 Å². The molecular formula is C63H103ClF3N11O11. The Morgan fingerprint density at radius 2 is 1.24 bits per heavy atom. The van der Waals surface area contributed by atoms with Gasteiger partial charge < -0.3 is 55.6 Å². The zero-order valence-electron chi connectivity index (χ0n) is 55.0. The molecule has 0 aromatic rings. The number of rotatable bonds is 10. The monoisotopic (exact) mass is 1280 g/mol. The molecule has 3 unspecified atom stereocenters. The van der Waals surface area contributed by atoms with Gasteiger partial charge in [-0.15, -0.1) is 11.6 Å². The number of carbonyl (C=O) groups excluding carboxylic acids is 11. The van der Waals surface area contributed by atoms with Crippen LogP contribution < -0.4 is 21.3 Å². The van der Waals surface area contributed by atoms with Crippen LogP contribution in [0.5, 0.6) is 0 Å². The summed E-state index contributed by atoms with van der Waals surface area (Å²) in [6, 6.07) is -7.56. The molecule has 0 bridgehead atoms. The van der Waals surface area contributed by atoms with Gasteiger partial charge in [-0.2, -0.15) is 13.2 Å². The van der Waals surface area contributed by atoms with Gasteiger partial charge in [0.1, 0.15) is 41.8 Å². The lowest BCUT2D eigenvalue weighted by Gasteiger charge is -2.46. The van der Waals surface area contributed by atoms with E-state index in [1.54, 1.807) is 27.7 Å². The minimum absolute atomic E-state index is 0.0146. The maximum atomic E-state index is 15.0. The van der Waals surface area contributed by atoms with Gasteiger partial charge in [0.2, 0.25) is 65.0 Å². The van der Waals surface area contributed by atoms with E-state index in [1.165, 1.54) is 66.8 Å². The highest BCUT2D eigenvalue weighted by molar-refractivity contribution is 6.20. The quantitative estimate of drug-likeness (QED) is 0.215. The van der Waals surface area contributed by atoms with Gasteiger partial charge in [-0.05, 0) is 114 Å². The van der Waals surface area contributed by atoms with Gasteiger partial charge in [-0.3, -0.25) is 52.7 Å². The summed E-state index contributed by atoms with van der Waals surface area (Å²) >= 11 is 6.35. The molecule has 4 N–H and O–H groups in total. The van der Waals surface area contributed by atoms with E-state index in [0.717, 1.165) is 41.9 Å². The highest BCUT2D eigenvalue weighted by atomic mass is 35.5. The summed E-state index contributed by atoms with van der Waals surface area (Å²) in [5.41, 5.74) is -1.45. The molecule has 0 aromatic heterocycles. The van der Waals surface area contributed by atoms with Crippen molar-refractivity contribution >= 4 is 76.6 Å². The summed E-state index contributed by atoms with van der Waals surface area (Å²) in [6.45, 7) is 11.1. The largest absolute Gasteiger partial charge is 0.393 e. The van der Waals surface area contributed by atoms with Crippen molar-refractivity contribution in [2.75, 3.05) is 68.5 Å². The molecule has 3 aliphatic carbocycles. The fourth-order valence-electron chi connectivity index (χ4n) is 13.6. The van der Waals surface area contributed by atoms with E-state index < -0.39 is 162 Å². The molecule has 5 aliphatic rings. The van der Waals surface area contributed by atoms with Crippen molar-refractivity contribution in [1.29, 1.82) is 0 Å². The second-order valence-electron chi connectivity index (χ2n) is 27.3. The van der Waals surface area contributed by atoms with Gasteiger partial charge in [-0.1, -0.05) is 80.1 Å². The molecule has 5 rings (SSSR count). The molecule has 26 heteroatoms. The Balaban J connectivity index is 1.51. The molecule has 0 radical (unpaired) electrons. The summed E-state index contributed by atoms with van der Waals surface area (Å²) in [6.07, 6.45) is 2.33. The standard InChI is InChI=1S/C63H103ClF3N11O11/c1-14-39(6)53-60(88)74(10)35-51(81)72(8)36-52(82)76(12)48(33-41-20-16-15-17-21-41)59(87)73(9)34-49(79)69-45(26-24-42-23-25-43(44(64)32-42)63(65,66)67)58(86)78-29-18-22-46(78)56(84)71-62(27-19-28-62)61(89)77(13)54(38(4)5)57(85)68-40(7)31-50(80)75(11)47(30-37(2)3)55(83)70-53/h37-48,53-54H,14-36H2,1-13H3,(H,68,85)(H,69,79)(H,70,83)(H,71,84)/t39-,40+,42?,43?,44?,45-,46-,47-,48-,53-,54-/m0/s1. The lowest BCUT2D eigenvalue weighted by Crippen LogP contribution is -2.68. The summed E-state index contributed by atoms with van der Waals surface area (Å²) in [7, 11) is 8.59. The number of halogens is 4. The number of hydrogen-bond acceptors (Lipinski definition) is 11. The molecule has 89 heavy (non-hydrogen) atoms. The van der Waals surface area contributed by atoms with Crippen molar-refractivity contribution in [1.82, 2.24) is 55.6 Å². The maximum Gasteiger partial charge on any atom is 0.393 e. The summed E-state index contributed by atoms with van der Waals surface area (Å²) in [4.78, 5) is 167. The second kappa shape index (κ2) is 32.5. The van der Waals surface area contributed by atoms with Crippen molar-refractivity contribution in [3.63, 3.8) is 0 Å². The third-order valence-corrected chi connectivity index (χ3v) is 20.0. The Labute approximate surface area is 529 Å². The highest BCUT2D eigenvalue weighted by Crippen LogP contribution is 2.44. The number of alkyl halides is 4. The van der Waals surface area contributed by atoms with Crippen LogP contribution in [0.1, 0.15) is 170 Å². The predicted molar refractivity (Wildman–Crippen MR) is 329 cm³/mol. The first-order valence-corrected chi connectivity index (χ1v) is 32.8. The third kappa shape index (κ3) is 19.4. The number of nitrogens with one attached hydrogen (secondary N) is 4. The van der Waals surface area contributed by atoms with Crippen molar-refractivity contribution in [2.45, 2.75) is 230 Å². The first-order chi connectivity index (χ1) is 41.6. The van der Waals surface area contributed by atoms with Crippen molar-refractivity contribution in [3.05, 3.63) is 0 Å². The number of hydrogen-bond donors (Lipinski definition) is 4. The molecule has 2 aliphatic heterocycles. The highest BCUT2D eigenvalue weighted by Gasteiger charge is 2.52. The van der Waals surface area contributed by atoms with Gasteiger partial charge >= 0.3 is 6.18 Å². The summed E-state index contributed by atoms with van der Waals surface area (Å²) in [5, 5.41) is 10.3. The van der Waals surface area contributed by atoms with Crippen molar-refractivity contribution in [2.24, 2.45) is 35.5 Å². The zero-order valence-corrected chi connectivity index (χ0v) is 55.7. The fourth-order valence-corrected chi connectivity index (χ4v) is 14.1. The number of nitrogens with zero attached hydrogens (tertiary/aromatic N) is 7. The minimum Gasteiger partial charge on any atom is -0.351 e. The summed E-state index contributed by atoms with van der Waals surface area (Å²) < 4.78 is 41.6. The number of carbonyl (C=O) groups is 11. The first-order valence-electron chi connectivity index (χ1n) is 32.4. The van der Waals surface area contributed by atoms with Gasteiger partial charge in [0.15, 0.2) is 0 Å². The Hall–Kier alpha value is -5.75. The van der Waals surface area contributed by atoms with Crippen LogP contribution in [-0.2, 0) is 52.7 Å². The van der Waals surface area contributed by atoms with E-state index in [0.29, 0.717) is 19.3 Å². The number of fused-ring (bicyclic) bond motifs is 1. The first kappa shape index (κ1) is 74.0. The normalized spacial score (nSPS) is 29.9. The van der Waals surface area contributed by atoms with Gasteiger partial charge in [-0.25, -0.2) is 0 Å². The van der Waals surface area contributed by atoms with Crippen LogP contribution in [-0.4, -0.2) is 227 Å². The fraction of sp³-hybridized carbons (Fsp3) is 0.825. The zero-order chi connectivity index (χ0) is 66.6. The molecule has 504 valence electrons. The molecule has 22 nitrogen and oxygen atoms in total. The van der Waals surface area contributed by atoms with E-state index in [1.807, 2.05) is 20.8 Å². The van der Waals surface area contributed by atoms with Crippen LogP contribution in [0.4, 0.5) is 13.2 Å². The van der Waals surface area contributed by atoms with Crippen molar-refractivity contribution < 1.29 is 65.9 Å². The van der Waals surface area contributed by atoms with Crippen LogP contribution in [0.2, 0.25) is 0 Å². The minimum atomic E-state index is -4.49. The van der Waals surface area contributed by atoms with Crippen molar-refractivity contribution in [3.8, 4) is 0 Å². The van der Waals surface area contributed by atoms with E-state index >= 15 is 0 Å². The Kier molecular flexibility index (Phi) is 27.0. The molecular weight excluding hydrogens is 1180 g/mol. The molecule has 5 fully saturated rings. The average molecular weight is 1280 g/mol. The smallest absolute Gasteiger partial charge is 0.351 e. The molecule has 0 aromatic carbocycles. The molecule has 2 heterocycles. The second-order valence-corrected chi connectivity index (χ2v) is 27.9. The molecule has 11 amide bonds. The van der Waals surface area contributed by atoms with E-state index in [4.69, 9.17) is 11.6 Å². The maximum absolute atomic E-state index is 15.0. The lowest BCUT2D eigenvalue weighted by atomic mass is 9.75. The Morgan fingerprint density at radius 1 is 0.618 bits per heavy atom. The number of likely N-dealkylation sites (N-methyl/N-ethyl adjacent to an activating group) is 6. The summed E-state index contributed by atoms with van der Waals surface area (Å²) in [5.74, 6) is -9.60. The predicted octanol–water partition coefficient (Wildman–Crippen LogP) is 4.84. The Bertz CT molecular complexity index is 2530. The SMILES string of the molecule is CC[C@H](C)[C@@H]1NC(=O)[C@H](CC(C)C)N(C)C(=O)C[C@@H](C)NC(=O)[C@H](C(C)C)N(C)C(=O)C2(CCC2)NC(=O)[C@@H]2CCCN2C(=O)[C@H](CCC2CCC(C(F)(F)F)C(Cl)C2)NC(=O)CN(C)C(=O)[C@H](CC2CCCCC2)N(C)C(=O)CN(C)C(=O)CN(C)C1=O. The van der Waals surface area contributed by atoms with Gasteiger partial charge in [0, 0.05) is 66.7 Å². The lowest BCUT2D eigenvalue weighted by molar-refractivity contribution is -0.182. The molecule has 3 saturated carbocycles. The molecule has 11 atom stereocenters. The average Bonchev–Trinajstić information content (AvgIpc) is 2.54. The Morgan fingerprint density at radius 3 is 1.81 bits per heavy atom. The third-order valence-electron chi connectivity index (χ3n) is 19.5. The van der Waals surface area contributed by atoms with Crippen LogP contribution in [0.25, 0.3) is 0 Å². The molecule has 1 spiro atoms. The van der Waals surface area contributed by atoms with Crippen LogP contribution >= 0.6 is 11.6 Å². The van der Waals surface area contributed by atoms with E-state index in [-0.39, 0.29) is 94.9 Å².